The zero-order valence-electron chi connectivity index (χ0n) is 11.4. The zero-order valence-corrected chi connectivity index (χ0v) is 12.2. The van der Waals surface area contributed by atoms with Crippen molar-refractivity contribution in [3.8, 4) is 5.00 Å². The minimum absolute atomic E-state index is 0.646. The van der Waals surface area contributed by atoms with Gasteiger partial charge in [0.2, 0.25) is 0 Å². The molecular formula is C15H21N3S. The lowest BCUT2D eigenvalue weighted by Gasteiger charge is -2.26. The largest absolute Gasteiger partial charge is 0.326 e. The molecule has 0 atom stereocenters. The Morgan fingerprint density at radius 3 is 2.79 bits per heavy atom. The monoisotopic (exact) mass is 275 g/mol. The molecule has 0 saturated heterocycles. The van der Waals surface area contributed by atoms with Crippen molar-refractivity contribution < 1.29 is 0 Å². The number of nitrogens with zero attached hydrogens (tertiary/aromatic N) is 2. The fourth-order valence-corrected chi connectivity index (χ4v) is 4.29. The van der Waals surface area contributed by atoms with Gasteiger partial charge in [0, 0.05) is 42.5 Å². The van der Waals surface area contributed by atoms with Crippen molar-refractivity contribution in [2.24, 2.45) is 5.73 Å². The average molecular weight is 275 g/mol. The van der Waals surface area contributed by atoms with Gasteiger partial charge < -0.3 is 10.3 Å². The predicted molar refractivity (Wildman–Crippen MR) is 80.8 cm³/mol. The van der Waals surface area contributed by atoms with E-state index in [9.17, 15) is 0 Å². The molecule has 1 aliphatic heterocycles. The zero-order chi connectivity index (χ0) is 13.2. The molecule has 0 spiro atoms. The first kappa shape index (κ1) is 12.9. The minimum atomic E-state index is 0.646. The number of nitrogens with two attached hydrogens (primary N) is 1. The van der Waals surface area contributed by atoms with E-state index in [4.69, 9.17) is 5.73 Å². The van der Waals surface area contributed by atoms with E-state index in [2.05, 4.69) is 40.9 Å². The second-order valence-electron chi connectivity index (χ2n) is 5.11. The number of hydrogen-bond acceptors (Lipinski definition) is 3. The molecular weight excluding hydrogens is 254 g/mol. The molecule has 2 aromatic heterocycles. The Bertz CT molecular complexity index is 542. The summed E-state index contributed by atoms with van der Waals surface area (Å²) in [5.41, 5.74) is 8.87. The molecule has 102 valence electrons. The molecule has 19 heavy (non-hydrogen) atoms. The fourth-order valence-electron chi connectivity index (χ4n) is 2.90. The van der Waals surface area contributed by atoms with Gasteiger partial charge in [-0.3, -0.25) is 4.90 Å². The van der Waals surface area contributed by atoms with Gasteiger partial charge in [-0.05, 0) is 37.1 Å². The molecule has 0 radical (unpaired) electrons. The predicted octanol–water partition coefficient (Wildman–Crippen LogP) is 2.77. The number of aromatic nitrogens is 1. The van der Waals surface area contributed by atoms with E-state index in [1.165, 1.54) is 40.5 Å². The van der Waals surface area contributed by atoms with E-state index in [1.54, 1.807) is 0 Å². The third-order valence-electron chi connectivity index (χ3n) is 3.81. The molecule has 1 aliphatic rings. The third-order valence-corrected chi connectivity index (χ3v) is 5.08. The van der Waals surface area contributed by atoms with Gasteiger partial charge in [0.05, 0.1) is 0 Å². The second kappa shape index (κ2) is 5.49. The Morgan fingerprint density at radius 2 is 2.11 bits per heavy atom. The molecule has 0 aliphatic carbocycles. The summed E-state index contributed by atoms with van der Waals surface area (Å²) >= 11 is 1.92. The van der Waals surface area contributed by atoms with Gasteiger partial charge >= 0.3 is 0 Å². The van der Waals surface area contributed by atoms with Crippen LogP contribution in [-0.2, 0) is 19.5 Å². The van der Waals surface area contributed by atoms with Crippen molar-refractivity contribution in [3.05, 3.63) is 40.5 Å². The highest BCUT2D eigenvalue weighted by atomic mass is 32.1. The molecule has 3 nitrogen and oxygen atoms in total. The van der Waals surface area contributed by atoms with Crippen LogP contribution in [0.4, 0.5) is 0 Å². The molecule has 3 heterocycles. The van der Waals surface area contributed by atoms with Gasteiger partial charge in [-0.1, -0.05) is 6.92 Å². The highest BCUT2D eigenvalue weighted by Gasteiger charge is 2.23. The number of hydrogen-bond donors (Lipinski definition) is 1. The van der Waals surface area contributed by atoms with Gasteiger partial charge in [-0.2, -0.15) is 0 Å². The highest BCUT2D eigenvalue weighted by Crippen LogP contribution is 2.35. The van der Waals surface area contributed by atoms with Gasteiger partial charge in [0.1, 0.15) is 5.00 Å². The summed E-state index contributed by atoms with van der Waals surface area (Å²) in [5.74, 6) is 0. The van der Waals surface area contributed by atoms with Crippen molar-refractivity contribution in [2.45, 2.75) is 32.9 Å². The Morgan fingerprint density at radius 1 is 1.32 bits per heavy atom. The van der Waals surface area contributed by atoms with E-state index >= 15 is 0 Å². The van der Waals surface area contributed by atoms with Crippen LogP contribution in [0.2, 0.25) is 0 Å². The maximum atomic E-state index is 6.00. The van der Waals surface area contributed by atoms with E-state index in [-0.39, 0.29) is 0 Å². The summed E-state index contributed by atoms with van der Waals surface area (Å²) in [6.45, 7) is 6.37. The van der Waals surface area contributed by atoms with Crippen LogP contribution < -0.4 is 5.73 Å². The van der Waals surface area contributed by atoms with Crippen LogP contribution in [0.1, 0.15) is 29.3 Å². The van der Waals surface area contributed by atoms with Crippen LogP contribution in [0.25, 0.3) is 5.00 Å². The summed E-state index contributed by atoms with van der Waals surface area (Å²) in [5, 5.41) is 1.32. The van der Waals surface area contributed by atoms with Crippen LogP contribution in [0, 0.1) is 0 Å². The van der Waals surface area contributed by atoms with Crippen molar-refractivity contribution in [1.29, 1.82) is 0 Å². The summed E-state index contributed by atoms with van der Waals surface area (Å²) < 4.78 is 2.20. The third kappa shape index (κ3) is 2.36. The minimum Gasteiger partial charge on any atom is -0.326 e. The maximum Gasteiger partial charge on any atom is 0.104 e. The average Bonchev–Trinajstić information content (AvgIpc) is 3.05. The molecule has 0 saturated carbocycles. The van der Waals surface area contributed by atoms with Crippen molar-refractivity contribution >= 4 is 11.3 Å². The quantitative estimate of drug-likeness (QED) is 0.931. The SMILES string of the molecule is CCCN1CCc2c(sc(-n3cccc3)c2CN)C1. The van der Waals surface area contributed by atoms with Crippen LogP contribution in [0.5, 0.6) is 0 Å². The van der Waals surface area contributed by atoms with E-state index < -0.39 is 0 Å². The topological polar surface area (TPSA) is 34.2 Å². The van der Waals surface area contributed by atoms with Gasteiger partial charge in [0.25, 0.3) is 0 Å². The fraction of sp³-hybridized carbons (Fsp3) is 0.467. The van der Waals surface area contributed by atoms with Gasteiger partial charge in [0.15, 0.2) is 0 Å². The standard InChI is InChI=1S/C15H21N3S/c1-2-6-17-9-5-12-13(10-16)15(19-14(12)11-17)18-7-3-4-8-18/h3-4,7-8H,2,5-6,9-11,16H2,1H3. The van der Waals surface area contributed by atoms with Crippen LogP contribution in [0.15, 0.2) is 24.5 Å². The van der Waals surface area contributed by atoms with Gasteiger partial charge in [-0.15, -0.1) is 11.3 Å². The summed E-state index contributed by atoms with van der Waals surface area (Å²) in [4.78, 5) is 4.07. The van der Waals surface area contributed by atoms with Crippen LogP contribution >= 0.6 is 11.3 Å². The maximum absolute atomic E-state index is 6.00. The smallest absolute Gasteiger partial charge is 0.104 e. The first-order chi connectivity index (χ1) is 9.33. The number of fused-ring (bicyclic) bond motifs is 1. The molecule has 4 heteroatoms. The molecule has 2 aromatic rings. The molecule has 0 unspecified atom stereocenters. The first-order valence-electron chi connectivity index (χ1n) is 7.02. The number of rotatable bonds is 4. The molecule has 0 bridgehead atoms. The normalized spacial score (nSPS) is 15.7. The summed E-state index contributed by atoms with van der Waals surface area (Å²) in [7, 11) is 0. The summed E-state index contributed by atoms with van der Waals surface area (Å²) in [6.07, 6.45) is 6.61. The van der Waals surface area contributed by atoms with Gasteiger partial charge in [-0.25, -0.2) is 0 Å². The van der Waals surface area contributed by atoms with Crippen LogP contribution in [-0.4, -0.2) is 22.6 Å². The van der Waals surface area contributed by atoms with Crippen molar-refractivity contribution in [1.82, 2.24) is 9.47 Å². The Labute approximate surface area is 118 Å². The lowest BCUT2D eigenvalue weighted by Crippen LogP contribution is -2.30. The van der Waals surface area contributed by atoms with Crippen molar-refractivity contribution in [3.63, 3.8) is 0 Å². The molecule has 2 N–H and O–H groups in total. The van der Waals surface area contributed by atoms with E-state index in [1.807, 2.05) is 11.3 Å². The molecule has 0 amide bonds. The van der Waals surface area contributed by atoms with E-state index in [0.717, 1.165) is 13.0 Å². The van der Waals surface area contributed by atoms with E-state index in [0.29, 0.717) is 6.54 Å². The Hall–Kier alpha value is -1.10. The Kier molecular flexibility index (Phi) is 3.73. The lowest BCUT2D eigenvalue weighted by atomic mass is 10.0. The Balaban J connectivity index is 1.96. The van der Waals surface area contributed by atoms with Crippen LogP contribution in [0.3, 0.4) is 0 Å². The first-order valence-corrected chi connectivity index (χ1v) is 7.84. The summed E-state index contributed by atoms with van der Waals surface area (Å²) in [6, 6.07) is 4.14. The molecule has 3 rings (SSSR count). The lowest BCUT2D eigenvalue weighted by molar-refractivity contribution is 0.257. The molecule has 0 aromatic carbocycles. The van der Waals surface area contributed by atoms with Crippen molar-refractivity contribution in [2.75, 3.05) is 13.1 Å². The number of thiophene rings is 1. The highest BCUT2D eigenvalue weighted by molar-refractivity contribution is 7.14. The second-order valence-corrected chi connectivity index (χ2v) is 6.19. The molecule has 0 fully saturated rings.